The van der Waals surface area contributed by atoms with Gasteiger partial charge in [-0.15, -0.1) is 0 Å². The predicted molar refractivity (Wildman–Crippen MR) is 63.0 cm³/mol. The van der Waals surface area contributed by atoms with Gasteiger partial charge in [0.15, 0.2) is 0 Å². The second-order valence-corrected chi connectivity index (χ2v) is 6.85. The molecular weight excluding hydrogens is 230 g/mol. The Labute approximate surface area is 97.7 Å². The molecule has 0 bridgehead atoms. The number of hydrogen-bond donors (Lipinski definition) is 0. The summed E-state index contributed by atoms with van der Waals surface area (Å²) in [6.07, 6.45) is 4.83. The summed E-state index contributed by atoms with van der Waals surface area (Å²) in [6, 6.07) is -0.0872. The first kappa shape index (κ1) is 15.5. The average Bonchev–Trinajstić information content (AvgIpc) is 2.18. The van der Waals surface area contributed by atoms with Gasteiger partial charge in [-0.1, -0.05) is 26.2 Å². The van der Waals surface area contributed by atoms with Crippen LogP contribution in [0, 0.1) is 0 Å². The van der Waals surface area contributed by atoms with E-state index < -0.39 is 8.74 Å². The van der Waals surface area contributed by atoms with Crippen molar-refractivity contribution in [1.29, 1.82) is 0 Å². The molecule has 0 aromatic heterocycles. The lowest BCUT2D eigenvalue weighted by molar-refractivity contribution is -0.143. The number of ether oxygens (including phenoxy) is 1. The van der Waals surface area contributed by atoms with Gasteiger partial charge < -0.3 is 4.74 Å². The Balaban J connectivity index is 3.31. The first-order chi connectivity index (χ1) is 7.45. The van der Waals surface area contributed by atoms with Crippen molar-refractivity contribution in [2.75, 3.05) is 6.61 Å². The van der Waals surface area contributed by atoms with E-state index in [0.717, 1.165) is 32.2 Å². The molecule has 0 radical (unpaired) electrons. The van der Waals surface area contributed by atoms with E-state index >= 15 is 0 Å². The molecule has 0 amide bonds. The van der Waals surface area contributed by atoms with Crippen LogP contribution < -0.4 is 0 Å². The highest BCUT2D eigenvalue weighted by Crippen LogP contribution is 2.14. The van der Waals surface area contributed by atoms with Crippen molar-refractivity contribution in [3.63, 3.8) is 0 Å². The van der Waals surface area contributed by atoms with Gasteiger partial charge in [-0.3, -0.25) is 13.0 Å². The number of hydrogen-bond acceptors (Lipinski definition) is 2. The molecule has 0 aromatic rings. The Morgan fingerprint density at radius 1 is 1.19 bits per heavy atom. The molecule has 0 saturated carbocycles. The minimum absolute atomic E-state index is 0.0872. The van der Waals surface area contributed by atoms with E-state index in [9.17, 15) is 13.0 Å². The van der Waals surface area contributed by atoms with Crippen LogP contribution in [0.4, 0.5) is 8.22 Å². The quantitative estimate of drug-likeness (QED) is 0.269. The van der Waals surface area contributed by atoms with Gasteiger partial charge in [0.2, 0.25) is 0 Å². The molecule has 0 atom stereocenters. The van der Waals surface area contributed by atoms with E-state index in [1.807, 2.05) is 0 Å². The topological polar surface area (TPSA) is 26.3 Å². The maximum Gasteiger partial charge on any atom is 0.422 e. The number of carbonyl (C=O) groups is 1. The van der Waals surface area contributed by atoms with Crippen molar-refractivity contribution in [2.24, 2.45) is 0 Å². The number of rotatable bonds is 9. The van der Waals surface area contributed by atoms with Crippen molar-refractivity contribution in [1.82, 2.24) is 0 Å². The van der Waals surface area contributed by atoms with Crippen molar-refractivity contribution in [3.05, 3.63) is 0 Å². The Kier molecular flexibility index (Phi) is 8.43. The molecule has 0 rings (SSSR count). The van der Waals surface area contributed by atoms with Gasteiger partial charge in [-0.2, -0.15) is 0 Å². The van der Waals surface area contributed by atoms with Gasteiger partial charge in [0, 0.05) is 12.5 Å². The average molecular weight is 252 g/mol. The third kappa shape index (κ3) is 11.6. The molecule has 0 aliphatic rings. The summed E-state index contributed by atoms with van der Waals surface area (Å²) in [6.45, 7) is 3.26. The summed E-state index contributed by atoms with van der Waals surface area (Å²) in [5, 5.41) is 0. The van der Waals surface area contributed by atoms with E-state index in [0.29, 0.717) is 6.42 Å². The third-order valence-corrected chi connectivity index (χ3v) is 3.49. The molecule has 0 spiro atoms. The van der Waals surface area contributed by atoms with Gasteiger partial charge in [-0.05, 0) is 19.4 Å². The number of esters is 1. The lowest BCUT2D eigenvalue weighted by Crippen LogP contribution is -2.17. The fraction of sp³-hybridized carbons (Fsp3) is 0.909. The zero-order chi connectivity index (χ0) is 12.4. The Hall–Kier alpha value is -0.453. The molecule has 0 fully saturated rings. The molecule has 96 valence electrons. The van der Waals surface area contributed by atoms with Crippen LogP contribution in [0.1, 0.15) is 45.4 Å². The van der Waals surface area contributed by atoms with Crippen LogP contribution in [0.5, 0.6) is 0 Å². The van der Waals surface area contributed by atoms with Gasteiger partial charge in [-0.25, -0.2) is 0 Å². The van der Waals surface area contributed by atoms with Crippen LogP contribution >= 0.6 is 0 Å². The van der Waals surface area contributed by atoms with E-state index in [-0.39, 0.29) is 25.0 Å². The molecule has 0 aromatic carbocycles. The molecule has 0 N–H and O–H groups in total. The van der Waals surface area contributed by atoms with E-state index in [2.05, 4.69) is 6.92 Å². The fourth-order valence-electron chi connectivity index (χ4n) is 1.34. The van der Waals surface area contributed by atoms with Crippen LogP contribution in [0.15, 0.2) is 0 Å². The maximum absolute atomic E-state index is 12.5. The summed E-state index contributed by atoms with van der Waals surface area (Å²) in [5.74, 6) is -0.253. The first-order valence-electron chi connectivity index (χ1n) is 5.99. The molecule has 0 heterocycles. The fourth-order valence-corrected chi connectivity index (χ4v) is 2.10. The molecule has 16 heavy (non-hydrogen) atoms. The monoisotopic (exact) mass is 252 g/mol. The molecular formula is C11H22F2O2Si. The van der Waals surface area contributed by atoms with Crippen molar-refractivity contribution < 1.29 is 17.7 Å². The van der Waals surface area contributed by atoms with Crippen LogP contribution in [0.25, 0.3) is 0 Å². The lowest BCUT2D eigenvalue weighted by Gasteiger charge is -2.07. The number of unbranched alkanes of at least 4 members (excludes halogenated alkanes) is 3. The zero-order valence-electron chi connectivity index (χ0n) is 10.2. The highest BCUT2D eigenvalue weighted by Gasteiger charge is 2.26. The number of carbonyl (C=O) groups excluding carboxylic acids is 1. The number of halogens is 2. The largest absolute Gasteiger partial charge is 0.466 e. The summed E-state index contributed by atoms with van der Waals surface area (Å²) < 4.78 is 29.9. The second kappa shape index (κ2) is 8.67. The SMILES string of the molecule is CCCCCCC(=O)OCCC[Si](C)(F)F. The highest BCUT2D eigenvalue weighted by atomic mass is 28.4. The molecule has 5 heteroatoms. The standard InChI is InChI=1S/C11H22F2O2Si/c1-3-4-5-6-8-11(14)15-9-7-10-16(2,12)13/h3-10H2,1-2H3. The molecule has 0 aliphatic carbocycles. The molecule has 0 unspecified atom stereocenters. The zero-order valence-corrected chi connectivity index (χ0v) is 11.2. The predicted octanol–water partition coefficient (Wildman–Crippen LogP) is 3.90. The molecule has 2 nitrogen and oxygen atoms in total. The highest BCUT2D eigenvalue weighted by molar-refractivity contribution is 6.64. The normalized spacial score (nSPS) is 11.5. The van der Waals surface area contributed by atoms with Gasteiger partial charge in [0.05, 0.1) is 6.61 Å². The first-order valence-corrected chi connectivity index (χ1v) is 8.45. The smallest absolute Gasteiger partial charge is 0.422 e. The van der Waals surface area contributed by atoms with Gasteiger partial charge >= 0.3 is 14.7 Å². The Morgan fingerprint density at radius 3 is 2.44 bits per heavy atom. The van der Waals surface area contributed by atoms with Crippen LogP contribution in [0.3, 0.4) is 0 Å². The van der Waals surface area contributed by atoms with Crippen LogP contribution in [-0.2, 0) is 9.53 Å². The van der Waals surface area contributed by atoms with E-state index in [1.165, 1.54) is 0 Å². The molecule has 0 aliphatic heterocycles. The summed E-state index contributed by atoms with van der Waals surface area (Å²) >= 11 is 0. The van der Waals surface area contributed by atoms with Gasteiger partial charge in [0.1, 0.15) is 0 Å². The van der Waals surface area contributed by atoms with Gasteiger partial charge in [0.25, 0.3) is 0 Å². The Bertz CT molecular complexity index is 193. The minimum atomic E-state index is -3.96. The molecule has 0 saturated heterocycles. The minimum Gasteiger partial charge on any atom is -0.466 e. The summed E-state index contributed by atoms with van der Waals surface area (Å²) in [5.41, 5.74) is 0. The Morgan fingerprint density at radius 2 is 1.88 bits per heavy atom. The third-order valence-electron chi connectivity index (χ3n) is 2.26. The van der Waals surface area contributed by atoms with Crippen molar-refractivity contribution in [3.8, 4) is 0 Å². The maximum atomic E-state index is 12.5. The van der Waals surface area contributed by atoms with Crippen molar-refractivity contribution in [2.45, 2.75) is 58.0 Å². The lowest BCUT2D eigenvalue weighted by atomic mass is 10.2. The summed E-state index contributed by atoms with van der Waals surface area (Å²) in [7, 11) is -3.96. The van der Waals surface area contributed by atoms with Crippen LogP contribution in [-0.4, -0.2) is 21.3 Å². The van der Waals surface area contributed by atoms with E-state index in [1.54, 1.807) is 0 Å². The van der Waals surface area contributed by atoms with E-state index in [4.69, 9.17) is 4.74 Å². The second-order valence-electron chi connectivity index (χ2n) is 4.20. The summed E-state index contributed by atoms with van der Waals surface area (Å²) in [4.78, 5) is 11.1. The van der Waals surface area contributed by atoms with Crippen molar-refractivity contribution >= 4 is 14.7 Å². The van der Waals surface area contributed by atoms with Crippen LogP contribution in [0.2, 0.25) is 12.6 Å².